The predicted molar refractivity (Wildman–Crippen MR) is 70.8 cm³/mol. The van der Waals surface area contributed by atoms with Gasteiger partial charge in [-0.15, -0.1) is 0 Å². The van der Waals surface area contributed by atoms with Crippen LogP contribution in [-0.4, -0.2) is 41.6 Å². The largest absolute Gasteiger partial charge is 0.392 e. The van der Waals surface area contributed by atoms with Crippen LogP contribution in [0.25, 0.3) is 0 Å². The molecule has 3 unspecified atom stereocenters. The lowest BCUT2D eigenvalue weighted by molar-refractivity contribution is -0.116. The van der Waals surface area contributed by atoms with E-state index in [1.165, 1.54) is 0 Å². The molecule has 1 spiro atoms. The maximum absolute atomic E-state index is 10.4. The summed E-state index contributed by atoms with van der Waals surface area (Å²) in [6, 6.07) is 3.93. The van der Waals surface area contributed by atoms with Crippen LogP contribution < -0.4 is 0 Å². The van der Waals surface area contributed by atoms with Crippen LogP contribution in [-0.2, 0) is 15.9 Å². The van der Waals surface area contributed by atoms with Gasteiger partial charge >= 0.3 is 0 Å². The molecule has 0 aliphatic carbocycles. The summed E-state index contributed by atoms with van der Waals surface area (Å²) in [5.41, 5.74) is 0.969. The zero-order valence-corrected chi connectivity index (χ0v) is 11.1. The molecule has 1 N–H and O–H groups in total. The summed E-state index contributed by atoms with van der Waals surface area (Å²) in [4.78, 5) is 4.10. The van der Waals surface area contributed by atoms with Crippen molar-refractivity contribution >= 4 is 0 Å². The number of aliphatic hydroxyl groups excluding tert-OH is 1. The van der Waals surface area contributed by atoms with Crippen molar-refractivity contribution in [1.29, 1.82) is 0 Å². The lowest BCUT2D eigenvalue weighted by Crippen LogP contribution is -2.44. The Morgan fingerprint density at radius 2 is 2.42 bits per heavy atom. The van der Waals surface area contributed by atoms with E-state index in [1.807, 2.05) is 18.3 Å². The summed E-state index contributed by atoms with van der Waals surface area (Å²) in [6.45, 7) is 2.20. The fourth-order valence-electron chi connectivity index (χ4n) is 3.18. The molecule has 3 atom stereocenters. The van der Waals surface area contributed by atoms with E-state index >= 15 is 0 Å². The van der Waals surface area contributed by atoms with Gasteiger partial charge in [-0.25, -0.2) is 0 Å². The third-order valence-electron chi connectivity index (χ3n) is 4.31. The van der Waals surface area contributed by atoms with Gasteiger partial charge in [0.05, 0.1) is 18.3 Å². The van der Waals surface area contributed by atoms with E-state index in [2.05, 4.69) is 4.98 Å². The van der Waals surface area contributed by atoms with Gasteiger partial charge in [0.1, 0.15) is 0 Å². The van der Waals surface area contributed by atoms with Crippen molar-refractivity contribution in [2.75, 3.05) is 19.8 Å². The van der Waals surface area contributed by atoms with Crippen LogP contribution in [0.4, 0.5) is 0 Å². The van der Waals surface area contributed by atoms with E-state index in [0.717, 1.165) is 38.0 Å². The molecule has 2 aliphatic rings. The van der Waals surface area contributed by atoms with Gasteiger partial charge in [0, 0.05) is 38.4 Å². The van der Waals surface area contributed by atoms with E-state index < -0.39 is 0 Å². The van der Waals surface area contributed by atoms with E-state index in [9.17, 15) is 5.11 Å². The third-order valence-corrected chi connectivity index (χ3v) is 4.31. The summed E-state index contributed by atoms with van der Waals surface area (Å²) in [6.07, 6.45) is 6.76. The Labute approximate surface area is 113 Å². The molecule has 0 saturated carbocycles. The van der Waals surface area contributed by atoms with Crippen LogP contribution in [0.5, 0.6) is 0 Å². The van der Waals surface area contributed by atoms with Gasteiger partial charge in [0.25, 0.3) is 0 Å². The van der Waals surface area contributed by atoms with E-state index in [4.69, 9.17) is 9.47 Å². The van der Waals surface area contributed by atoms with Crippen molar-refractivity contribution in [2.45, 2.75) is 37.4 Å². The molecule has 2 fully saturated rings. The molecule has 4 nitrogen and oxygen atoms in total. The van der Waals surface area contributed by atoms with E-state index in [1.54, 1.807) is 6.20 Å². The Balaban J connectivity index is 1.61. The number of hydrogen-bond acceptors (Lipinski definition) is 4. The molecule has 0 amide bonds. The lowest BCUT2D eigenvalue weighted by Gasteiger charge is -2.39. The second kappa shape index (κ2) is 5.57. The molecule has 1 aromatic rings. The minimum Gasteiger partial charge on any atom is -0.392 e. The molecule has 2 aliphatic heterocycles. The minimum absolute atomic E-state index is 0.126. The minimum atomic E-state index is -0.314. The quantitative estimate of drug-likeness (QED) is 0.899. The Morgan fingerprint density at radius 1 is 1.47 bits per heavy atom. The number of hydrogen-bond donors (Lipinski definition) is 1. The lowest BCUT2D eigenvalue weighted by atomic mass is 9.81. The molecule has 19 heavy (non-hydrogen) atoms. The van der Waals surface area contributed by atoms with Crippen molar-refractivity contribution < 1.29 is 14.6 Å². The van der Waals surface area contributed by atoms with Gasteiger partial charge in [-0.3, -0.25) is 4.98 Å². The van der Waals surface area contributed by atoms with Gasteiger partial charge in [-0.2, -0.15) is 0 Å². The number of aromatic nitrogens is 1. The zero-order chi connectivity index (χ0) is 13.1. The van der Waals surface area contributed by atoms with Crippen molar-refractivity contribution in [3.8, 4) is 0 Å². The number of nitrogens with zero attached hydrogens (tertiary/aromatic N) is 1. The summed E-state index contributed by atoms with van der Waals surface area (Å²) >= 11 is 0. The van der Waals surface area contributed by atoms with Crippen molar-refractivity contribution in [2.24, 2.45) is 5.92 Å². The number of ether oxygens (including phenoxy) is 2. The molecule has 0 bridgehead atoms. The van der Waals surface area contributed by atoms with Crippen LogP contribution in [0.1, 0.15) is 24.8 Å². The second-order valence-corrected chi connectivity index (χ2v) is 5.72. The number of pyridine rings is 1. The Morgan fingerprint density at radius 3 is 3.16 bits per heavy atom. The molecular weight excluding hydrogens is 242 g/mol. The highest BCUT2D eigenvalue weighted by Gasteiger charge is 2.42. The monoisotopic (exact) mass is 263 g/mol. The summed E-state index contributed by atoms with van der Waals surface area (Å²) in [7, 11) is 0. The molecule has 3 rings (SSSR count). The maximum Gasteiger partial charge on any atom is 0.0940 e. The van der Waals surface area contributed by atoms with Crippen LogP contribution in [0.3, 0.4) is 0 Å². The fraction of sp³-hybridized carbons (Fsp3) is 0.667. The van der Waals surface area contributed by atoms with Crippen molar-refractivity contribution in [3.05, 3.63) is 30.1 Å². The maximum atomic E-state index is 10.4. The van der Waals surface area contributed by atoms with Crippen molar-refractivity contribution in [3.63, 3.8) is 0 Å². The van der Waals surface area contributed by atoms with Crippen LogP contribution >= 0.6 is 0 Å². The van der Waals surface area contributed by atoms with Crippen LogP contribution in [0.2, 0.25) is 0 Å². The van der Waals surface area contributed by atoms with Gasteiger partial charge in [-0.05, 0) is 30.4 Å². The SMILES string of the molecule is OC(Cc1cccnc1)C1CCOC2(CCOC2)C1. The molecule has 1 aromatic heterocycles. The predicted octanol–water partition coefficient (Wildman–Crippen LogP) is 1.57. The molecule has 4 heteroatoms. The first-order valence-corrected chi connectivity index (χ1v) is 7.06. The highest BCUT2D eigenvalue weighted by atomic mass is 16.6. The molecular formula is C15H21NO3. The highest BCUT2D eigenvalue weighted by Crippen LogP contribution is 2.37. The third kappa shape index (κ3) is 2.96. The zero-order valence-electron chi connectivity index (χ0n) is 11.1. The first-order chi connectivity index (χ1) is 9.27. The number of rotatable bonds is 3. The Hall–Kier alpha value is -0.970. The van der Waals surface area contributed by atoms with Crippen LogP contribution in [0, 0.1) is 5.92 Å². The standard InChI is InChI=1S/C15H21NO3/c17-14(8-12-2-1-5-16-10-12)13-3-6-19-15(9-13)4-7-18-11-15/h1-2,5,10,13-14,17H,3-4,6-9,11H2. The number of aliphatic hydroxyl groups is 1. The topological polar surface area (TPSA) is 51.6 Å². The molecule has 0 aromatic carbocycles. The smallest absolute Gasteiger partial charge is 0.0940 e. The van der Waals surface area contributed by atoms with E-state index in [0.29, 0.717) is 18.9 Å². The summed E-state index contributed by atoms with van der Waals surface area (Å²) in [5.74, 6) is 0.302. The van der Waals surface area contributed by atoms with E-state index in [-0.39, 0.29) is 11.7 Å². The van der Waals surface area contributed by atoms with Gasteiger partial charge in [0.2, 0.25) is 0 Å². The average molecular weight is 263 g/mol. The first kappa shape index (κ1) is 13.0. The summed E-state index contributed by atoms with van der Waals surface area (Å²) in [5, 5.41) is 10.4. The normalized spacial score (nSPS) is 32.6. The van der Waals surface area contributed by atoms with Gasteiger partial charge in [-0.1, -0.05) is 6.07 Å². The Bertz CT molecular complexity index is 403. The highest BCUT2D eigenvalue weighted by molar-refractivity contribution is 5.10. The second-order valence-electron chi connectivity index (χ2n) is 5.72. The van der Waals surface area contributed by atoms with Crippen LogP contribution in [0.15, 0.2) is 24.5 Å². The fourth-order valence-corrected chi connectivity index (χ4v) is 3.18. The van der Waals surface area contributed by atoms with Gasteiger partial charge in [0.15, 0.2) is 0 Å². The summed E-state index contributed by atoms with van der Waals surface area (Å²) < 4.78 is 11.4. The molecule has 3 heterocycles. The molecule has 104 valence electrons. The average Bonchev–Trinajstić information content (AvgIpc) is 2.88. The van der Waals surface area contributed by atoms with Gasteiger partial charge < -0.3 is 14.6 Å². The van der Waals surface area contributed by atoms with Crippen molar-refractivity contribution in [1.82, 2.24) is 4.98 Å². The first-order valence-electron chi connectivity index (χ1n) is 7.06. The molecule has 0 radical (unpaired) electrons. The Kier molecular flexibility index (Phi) is 3.82. The molecule has 2 saturated heterocycles.